The number of hydrogen-bond donors (Lipinski definition) is 3. The lowest BCUT2D eigenvalue weighted by atomic mass is 10.2. The predicted molar refractivity (Wildman–Crippen MR) is 84.9 cm³/mol. The minimum absolute atomic E-state index is 0.194. The number of nitrogens with two attached hydrogens (primary N) is 1. The predicted octanol–water partition coefficient (Wildman–Crippen LogP) is 2.27. The molecule has 0 saturated heterocycles. The monoisotopic (exact) mass is 287 g/mol. The van der Waals surface area contributed by atoms with Crippen LogP contribution >= 0.6 is 0 Å². The second kappa shape index (κ2) is 7.56. The maximum atomic E-state index is 5.49. The maximum absolute atomic E-state index is 5.49. The van der Waals surface area contributed by atoms with Gasteiger partial charge in [-0.1, -0.05) is 37.3 Å². The molecule has 2 rings (SSSR count). The molecule has 2 aromatic rings. The zero-order chi connectivity index (χ0) is 15.1. The molecule has 4 N–H and O–H groups in total. The summed E-state index contributed by atoms with van der Waals surface area (Å²) in [7, 11) is 1.69. The molecule has 0 spiro atoms. The Balaban J connectivity index is 2.29. The summed E-state index contributed by atoms with van der Waals surface area (Å²) in [5.41, 5.74) is 3.52. The van der Waals surface area contributed by atoms with Crippen molar-refractivity contribution in [1.82, 2.24) is 9.97 Å². The van der Waals surface area contributed by atoms with Gasteiger partial charge in [0.1, 0.15) is 11.6 Å². The van der Waals surface area contributed by atoms with Gasteiger partial charge >= 0.3 is 0 Å². The lowest BCUT2D eigenvalue weighted by Gasteiger charge is -2.17. The molecule has 0 bridgehead atoms. The van der Waals surface area contributed by atoms with E-state index in [2.05, 4.69) is 27.6 Å². The van der Waals surface area contributed by atoms with E-state index in [4.69, 9.17) is 10.6 Å². The maximum Gasteiger partial charge on any atom is 0.163 e. The molecule has 0 aliphatic rings. The summed E-state index contributed by atoms with van der Waals surface area (Å²) in [5.74, 6) is 7.41. The largest absolute Gasteiger partial charge is 0.383 e. The quantitative estimate of drug-likeness (QED) is 0.535. The lowest BCUT2D eigenvalue weighted by molar-refractivity contribution is 0.184. The molecule has 21 heavy (non-hydrogen) atoms. The van der Waals surface area contributed by atoms with Crippen LogP contribution in [0.3, 0.4) is 0 Å². The molecule has 1 atom stereocenters. The fraction of sp³-hybridized carbons (Fsp3) is 0.333. The van der Waals surface area contributed by atoms with Gasteiger partial charge in [0.2, 0.25) is 0 Å². The number of nitrogens with zero attached hydrogens (tertiary/aromatic N) is 2. The van der Waals surface area contributed by atoms with Crippen LogP contribution in [0.1, 0.15) is 13.3 Å². The van der Waals surface area contributed by atoms with E-state index in [0.29, 0.717) is 18.2 Å². The van der Waals surface area contributed by atoms with Crippen molar-refractivity contribution in [2.75, 3.05) is 24.5 Å². The van der Waals surface area contributed by atoms with Crippen LogP contribution in [0.25, 0.3) is 11.4 Å². The Morgan fingerprint density at radius 1 is 1.19 bits per heavy atom. The number of ether oxygens (including phenoxy) is 1. The smallest absolute Gasteiger partial charge is 0.163 e. The zero-order valence-electron chi connectivity index (χ0n) is 12.3. The molecular weight excluding hydrogens is 266 g/mol. The first-order chi connectivity index (χ1) is 10.3. The number of rotatable bonds is 7. The molecule has 112 valence electrons. The van der Waals surface area contributed by atoms with Crippen LogP contribution in [0.2, 0.25) is 0 Å². The second-order valence-corrected chi connectivity index (χ2v) is 4.68. The van der Waals surface area contributed by atoms with E-state index in [1.807, 2.05) is 30.3 Å². The third kappa shape index (κ3) is 4.14. The Kier molecular flexibility index (Phi) is 5.48. The van der Waals surface area contributed by atoms with Crippen molar-refractivity contribution in [3.63, 3.8) is 0 Å². The molecule has 0 aliphatic carbocycles. The highest BCUT2D eigenvalue weighted by atomic mass is 16.5. The van der Waals surface area contributed by atoms with Crippen LogP contribution in [0.4, 0.5) is 11.6 Å². The van der Waals surface area contributed by atoms with E-state index in [0.717, 1.165) is 17.8 Å². The van der Waals surface area contributed by atoms with Crippen molar-refractivity contribution >= 4 is 11.6 Å². The van der Waals surface area contributed by atoms with Gasteiger partial charge in [-0.15, -0.1) is 0 Å². The molecule has 0 aliphatic heterocycles. The number of methoxy groups -OCH3 is 1. The van der Waals surface area contributed by atoms with E-state index in [9.17, 15) is 0 Å². The van der Waals surface area contributed by atoms with Gasteiger partial charge in [-0.05, 0) is 6.42 Å². The van der Waals surface area contributed by atoms with Gasteiger partial charge in [-0.3, -0.25) is 0 Å². The van der Waals surface area contributed by atoms with Gasteiger partial charge in [0.05, 0.1) is 12.6 Å². The number of anilines is 2. The van der Waals surface area contributed by atoms with Crippen molar-refractivity contribution in [2.45, 2.75) is 19.4 Å². The lowest BCUT2D eigenvalue weighted by Crippen LogP contribution is -2.25. The number of nitrogens with one attached hydrogen (secondary N) is 2. The molecule has 6 heteroatoms. The third-order valence-corrected chi connectivity index (χ3v) is 3.12. The summed E-state index contributed by atoms with van der Waals surface area (Å²) < 4.78 is 5.19. The van der Waals surface area contributed by atoms with Crippen molar-refractivity contribution in [3.8, 4) is 11.4 Å². The molecule has 0 fully saturated rings. The van der Waals surface area contributed by atoms with E-state index in [1.165, 1.54) is 0 Å². The van der Waals surface area contributed by atoms with Gasteiger partial charge in [-0.25, -0.2) is 15.8 Å². The Morgan fingerprint density at radius 3 is 2.52 bits per heavy atom. The van der Waals surface area contributed by atoms with Crippen LogP contribution < -0.4 is 16.6 Å². The zero-order valence-corrected chi connectivity index (χ0v) is 12.3. The van der Waals surface area contributed by atoms with E-state index in [-0.39, 0.29) is 6.04 Å². The van der Waals surface area contributed by atoms with Crippen LogP contribution in [-0.2, 0) is 4.74 Å². The number of hydrogen-bond acceptors (Lipinski definition) is 6. The van der Waals surface area contributed by atoms with Gasteiger partial charge in [0.25, 0.3) is 0 Å². The standard InChI is InChI=1S/C15H21N5O/c1-3-12(10-21-2)17-13-9-14(20-16)19-15(18-13)11-7-5-4-6-8-11/h4-9,12H,3,10,16H2,1-2H3,(H2,17,18,19,20). The van der Waals surface area contributed by atoms with E-state index in [1.54, 1.807) is 13.2 Å². The van der Waals surface area contributed by atoms with Crippen molar-refractivity contribution in [1.29, 1.82) is 0 Å². The van der Waals surface area contributed by atoms with Crippen LogP contribution in [0, 0.1) is 0 Å². The highest BCUT2D eigenvalue weighted by Crippen LogP contribution is 2.20. The Bertz CT molecular complexity index is 561. The fourth-order valence-corrected chi connectivity index (χ4v) is 1.98. The molecule has 0 saturated carbocycles. The third-order valence-electron chi connectivity index (χ3n) is 3.12. The van der Waals surface area contributed by atoms with Crippen molar-refractivity contribution < 1.29 is 4.74 Å². The van der Waals surface area contributed by atoms with Crippen molar-refractivity contribution in [3.05, 3.63) is 36.4 Å². The topological polar surface area (TPSA) is 85.1 Å². The summed E-state index contributed by atoms with van der Waals surface area (Å²) in [6.45, 7) is 2.71. The molecule has 6 nitrogen and oxygen atoms in total. The average Bonchev–Trinajstić information content (AvgIpc) is 2.55. The molecule has 1 unspecified atom stereocenters. The first kappa shape index (κ1) is 15.2. The average molecular weight is 287 g/mol. The molecule has 1 aromatic heterocycles. The highest BCUT2D eigenvalue weighted by molar-refractivity contribution is 5.61. The molecule has 0 radical (unpaired) electrons. The molecule has 1 heterocycles. The Hall–Kier alpha value is -2.18. The van der Waals surface area contributed by atoms with Gasteiger partial charge in [0.15, 0.2) is 5.82 Å². The number of nitrogen functional groups attached to an aromatic ring is 1. The van der Waals surface area contributed by atoms with E-state index < -0.39 is 0 Å². The van der Waals surface area contributed by atoms with Gasteiger partial charge < -0.3 is 15.5 Å². The summed E-state index contributed by atoms with van der Waals surface area (Å²) in [6, 6.07) is 11.8. The van der Waals surface area contributed by atoms with Crippen LogP contribution in [0.5, 0.6) is 0 Å². The Labute approximate surface area is 124 Å². The molecule has 1 aromatic carbocycles. The minimum atomic E-state index is 0.194. The SMILES string of the molecule is CCC(COC)Nc1cc(NN)nc(-c2ccccc2)n1. The normalized spacial score (nSPS) is 12.0. The van der Waals surface area contributed by atoms with Gasteiger partial charge in [-0.2, -0.15) is 0 Å². The fourth-order valence-electron chi connectivity index (χ4n) is 1.98. The first-order valence-corrected chi connectivity index (χ1v) is 6.93. The van der Waals surface area contributed by atoms with Crippen molar-refractivity contribution in [2.24, 2.45) is 5.84 Å². The first-order valence-electron chi connectivity index (χ1n) is 6.93. The summed E-state index contributed by atoms with van der Waals surface area (Å²) in [6.07, 6.45) is 0.934. The number of hydrazine groups is 1. The summed E-state index contributed by atoms with van der Waals surface area (Å²) in [4.78, 5) is 8.93. The number of benzene rings is 1. The molecular formula is C15H21N5O. The second-order valence-electron chi connectivity index (χ2n) is 4.68. The van der Waals surface area contributed by atoms with E-state index >= 15 is 0 Å². The van der Waals surface area contributed by atoms with Crippen LogP contribution in [-0.4, -0.2) is 29.7 Å². The number of aromatic nitrogens is 2. The minimum Gasteiger partial charge on any atom is -0.383 e. The summed E-state index contributed by atoms with van der Waals surface area (Å²) >= 11 is 0. The highest BCUT2D eigenvalue weighted by Gasteiger charge is 2.10. The summed E-state index contributed by atoms with van der Waals surface area (Å²) in [5, 5.41) is 3.34. The van der Waals surface area contributed by atoms with Gasteiger partial charge in [0, 0.05) is 18.7 Å². The van der Waals surface area contributed by atoms with Crippen LogP contribution in [0.15, 0.2) is 36.4 Å². The Morgan fingerprint density at radius 2 is 1.90 bits per heavy atom. The molecule has 0 amide bonds.